The maximum Gasteiger partial charge on any atom is 0.141 e. The fourth-order valence-electron chi connectivity index (χ4n) is 2.98. The number of Topliss-reactive ketones (excluding diaryl/α,β-unsaturated/α-hetero) is 1. The van der Waals surface area contributed by atoms with Gasteiger partial charge in [0, 0.05) is 11.3 Å². The van der Waals surface area contributed by atoms with Crippen LogP contribution in [-0.4, -0.2) is 5.78 Å². The van der Waals surface area contributed by atoms with Crippen LogP contribution >= 0.6 is 0 Å². The van der Waals surface area contributed by atoms with Crippen LogP contribution in [0.3, 0.4) is 0 Å². The van der Waals surface area contributed by atoms with Gasteiger partial charge in [0.1, 0.15) is 5.78 Å². The van der Waals surface area contributed by atoms with Crippen LogP contribution in [0.4, 0.5) is 0 Å². The molecule has 1 aliphatic rings. The van der Waals surface area contributed by atoms with Crippen molar-refractivity contribution in [3.63, 3.8) is 0 Å². The molecule has 0 spiro atoms. The lowest BCUT2D eigenvalue weighted by molar-refractivity contribution is -0.134. The Labute approximate surface area is 104 Å². The molecular formula is C16H22O. The zero-order chi connectivity index (χ0) is 12.5. The number of hydrogen-bond acceptors (Lipinski definition) is 1. The summed E-state index contributed by atoms with van der Waals surface area (Å²) in [6.45, 7) is 6.32. The molecular weight excluding hydrogens is 208 g/mol. The molecule has 0 aliphatic heterocycles. The zero-order valence-electron chi connectivity index (χ0n) is 11.1. The highest BCUT2D eigenvalue weighted by atomic mass is 16.1. The summed E-state index contributed by atoms with van der Waals surface area (Å²) < 4.78 is 0. The van der Waals surface area contributed by atoms with E-state index in [4.69, 9.17) is 0 Å². The van der Waals surface area contributed by atoms with E-state index in [1.165, 1.54) is 17.5 Å². The van der Waals surface area contributed by atoms with Gasteiger partial charge >= 0.3 is 0 Å². The van der Waals surface area contributed by atoms with Gasteiger partial charge in [0.15, 0.2) is 0 Å². The summed E-state index contributed by atoms with van der Waals surface area (Å²) in [5.74, 6) is 0.712. The van der Waals surface area contributed by atoms with Crippen LogP contribution in [0, 0.1) is 18.3 Å². The first-order valence-electron chi connectivity index (χ1n) is 6.61. The predicted octanol–water partition coefficient (Wildman–Crippen LogP) is 3.93. The van der Waals surface area contributed by atoms with E-state index < -0.39 is 0 Å². The molecule has 1 saturated carbocycles. The van der Waals surface area contributed by atoms with Crippen molar-refractivity contribution in [3.05, 3.63) is 35.4 Å². The van der Waals surface area contributed by atoms with E-state index in [0.29, 0.717) is 5.78 Å². The molecule has 1 aromatic rings. The molecule has 17 heavy (non-hydrogen) atoms. The van der Waals surface area contributed by atoms with Crippen molar-refractivity contribution in [3.8, 4) is 0 Å². The minimum atomic E-state index is -0.132. The maximum absolute atomic E-state index is 12.3. The van der Waals surface area contributed by atoms with Crippen LogP contribution in [0.25, 0.3) is 0 Å². The Bertz CT molecular complexity index is 404. The van der Waals surface area contributed by atoms with Crippen molar-refractivity contribution in [1.82, 2.24) is 0 Å². The van der Waals surface area contributed by atoms with E-state index in [2.05, 4.69) is 45.0 Å². The second-order valence-electron chi connectivity index (χ2n) is 5.88. The molecule has 0 N–H and O–H groups in total. The lowest BCUT2D eigenvalue weighted by Gasteiger charge is -2.35. The summed E-state index contributed by atoms with van der Waals surface area (Å²) in [6, 6.07) is 8.59. The Morgan fingerprint density at radius 3 is 2.59 bits per heavy atom. The van der Waals surface area contributed by atoms with Crippen molar-refractivity contribution >= 4 is 5.78 Å². The van der Waals surface area contributed by atoms with Gasteiger partial charge in [-0.15, -0.1) is 0 Å². The third-order valence-electron chi connectivity index (χ3n) is 4.12. The Kier molecular flexibility index (Phi) is 3.37. The Morgan fingerprint density at radius 2 is 1.94 bits per heavy atom. The summed E-state index contributed by atoms with van der Waals surface area (Å²) in [5.41, 5.74) is 2.44. The third kappa shape index (κ3) is 2.59. The van der Waals surface area contributed by atoms with Crippen LogP contribution < -0.4 is 0 Å². The Hall–Kier alpha value is -1.11. The largest absolute Gasteiger partial charge is 0.299 e. The Morgan fingerprint density at radius 1 is 1.29 bits per heavy atom. The summed E-state index contributed by atoms with van der Waals surface area (Å²) >= 11 is 0. The molecule has 2 unspecified atom stereocenters. The number of carbonyl (C=O) groups excluding carboxylic acids is 1. The van der Waals surface area contributed by atoms with Gasteiger partial charge in [-0.25, -0.2) is 0 Å². The predicted molar refractivity (Wildman–Crippen MR) is 71.0 cm³/mol. The fraction of sp³-hybridized carbons (Fsp3) is 0.562. The van der Waals surface area contributed by atoms with Crippen molar-refractivity contribution in [2.45, 2.75) is 46.5 Å². The Balaban J connectivity index is 2.16. The number of benzene rings is 1. The van der Waals surface area contributed by atoms with Crippen molar-refractivity contribution < 1.29 is 4.79 Å². The van der Waals surface area contributed by atoms with E-state index in [9.17, 15) is 4.79 Å². The molecule has 0 radical (unpaired) electrons. The van der Waals surface area contributed by atoms with Gasteiger partial charge in [0.05, 0.1) is 0 Å². The molecule has 0 bridgehead atoms. The van der Waals surface area contributed by atoms with E-state index >= 15 is 0 Å². The second-order valence-corrected chi connectivity index (χ2v) is 5.88. The van der Waals surface area contributed by atoms with Gasteiger partial charge in [-0.2, -0.15) is 0 Å². The fourth-order valence-corrected chi connectivity index (χ4v) is 2.98. The first-order chi connectivity index (χ1) is 8.01. The van der Waals surface area contributed by atoms with Crippen LogP contribution in [0.2, 0.25) is 0 Å². The molecule has 0 amide bonds. The molecule has 0 heterocycles. The molecule has 92 valence electrons. The first kappa shape index (κ1) is 12.3. The highest BCUT2D eigenvalue weighted by molar-refractivity contribution is 5.87. The molecule has 0 saturated heterocycles. The van der Waals surface area contributed by atoms with E-state index in [-0.39, 0.29) is 11.3 Å². The van der Waals surface area contributed by atoms with Crippen LogP contribution in [0.5, 0.6) is 0 Å². The third-order valence-corrected chi connectivity index (χ3v) is 4.12. The minimum Gasteiger partial charge on any atom is -0.299 e. The number of hydrogen-bond donors (Lipinski definition) is 0. The van der Waals surface area contributed by atoms with Gasteiger partial charge in [-0.1, -0.05) is 50.1 Å². The van der Waals surface area contributed by atoms with E-state index in [1.807, 2.05) is 0 Å². The molecule has 1 aliphatic carbocycles. The quantitative estimate of drug-likeness (QED) is 0.752. The van der Waals surface area contributed by atoms with Crippen molar-refractivity contribution in [2.75, 3.05) is 0 Å². The molecule has 1 aromatic carbocycles. The smallest absolute Gasteiger partial charge is 0.141 e. The summed E-state index contributed by atoms with van der Waals surface area (Å²) in [4.78, 5) is 12.3. The normalized spacial score (nSPS) is 29.4. The van der Waals surface area contributed by atoms with Crippen LogP contribution in [0.15, 0.2) is 24.3 Å². The topological polar surface area (TPSA) is 17.1 Å². The minimum absolute atomic E-state index is 0.132. The molecule has 1 heteroatoms. The molecule has 0 aromatic heterocycles. The standard InChI is InChI=1S/C16H22O/c1-12-6-8-14(9-7-12)11-16(3)10-4-5-13(2)15(16)17/h6-9,13H,4-5,10-11H2,1-3H3. The average molecular weight is 230 g/mol. The lowest BCUT2D eigenvalue weighted by Crippen LogP contribution is -2.38. The molecule has 2 rings (SSSR count). The SMILES string of the molecule is Cc1ccc(CC2(C)CCCC(C)C2=O)cc1. The van der Waals surface area contributed by atoms with E-state index in [1.54, 1.807) is 0 Å². The first-order valence-corrected chi connectivity index (χ1v) is 6.61. The summed E-state index contributed by atoms with van der Waals surface area (Å²) in [6.07, 6.45) is 4.21. The van der Waals surface area contributed by atoms with Crippen molar-refractivity contribution in [1.29, 1.82) is 0 Å². The molecule has 1 nitrogen and oxygen atoms in total. The summed E-state index contributed by atoms with van der Waals surface area (Å²) in [5, 5.41) is 0. The average Bonchev–Trinajstić information content (AvgIpc) is 2.29. The van der Waals surface area contributed by atoms with Crippen LogP contribution in [-0.2, 0) is 11.2 Å². The number of rotatable bonds is 2. The monoisotopic (exact) mass is 230 g/mol. The molecule has 2 atom stereocenters. The van der Waals surface area contributed by atoms with Crippen molar-refractivity contribution in [2.24, 2.45) is 11.3 Å². The highest BCUT2D eigenvalue weighted by Crippen LogP contribution is 2.38. The van der Waals surface area contributed by atoms with Gasteiger partial charge in [-0.05, 0) is 31.7 Å². The second kappa shape index (κ2) is 4.64. The number of aryl methyl sites for hydroxylation is 1. The highest BCUT2D eigenvalue weighted by Gasteiger charge is 2.38. The lowest BCUT2D eigenvalue weighted by atomic mass is 9.67. The van der Waals surface area contributed by atoms with Gasteiger partial charge in [0.25, 0.3) is 0 Å². The van der Waals surface area contributed by atoms with E-state index in [0.717, 1.165) is 19.3 Å². The zero-order valence-corrected chi connectivity index (χ0v) is 11.1. The summed E-state index contributed by atoms with van der Waals surface area (Å²) in [7, 11) is 0. The van der Waals surface area contributed by atoms with Gasteiger partial charge < -0.3 is 0 Å². The number of carbonyl (C=O) groups is 1. The van der Waals surface area contributed by atoms with Gasteiger partial charge in [0.2, 0.25) is 0 Å². The van der Waals surface area contributed by atoms with Crippen LogP contribution in [0.1, 0.15) is 44.2 Å². The number of ketones is 1. The van der Waals surface area contributed by atoms with Gasteiger partial charge in [-0.3, -0.25) is 4.79 Å². The maximum atomic E-state index is 12.3. The molecule has 1 fully saturated rings.